The van der Waals surface area contributed by atoms with E-state index in [0.717, 1.165) is 102 Å². The Kier molecular flexibility index (Phi) is 64.6. The summed E-state index contributed by atoms with van der Waals surface area (Å²) in [6, 6.07) is 0. The number of carbonyl (C=O) groups is 4. The number of phosphoric acid groups is 2. The maximum absolute atomic E-state index is 13.1. The molecule has 5 atom stereocenters. The van der Waals surface area contributed by atoms with Gasteiger partial charge in [-0.3, -0.25) is 37.3 Å². The van der Waals surface area contributed by atoms with Crippen molar-refractivity contribution in [3.05, 3.63) is 0 Å². The highest BCUT2D eigenvalue weighted by Crippen LogP contribution is 2.45. The molecule has 552 valence electrons. The number of aliphatic hydroxyl groups is 1. The number of ether oxygens (including phenoxy) is 4. The van der Waals surface area contributed by atoms with E-state index in [1.807, 2.05) is 0 Å². The van der Waals surface area contributed by atoms with Gasteiger partial charge in [0.15, 0.2) is 12.2 Å². The summed E-state index contributed by atoms with van der Waals surface area (Å²) in [5.74, 6) is -0.592. The molecule has 0 aliphatic carbocycles. The minimum atomic E-state index is -4.95. The number of esters is 4. The predicted octanol–water partition coefficient (Wildman–Crippen LogP) is 21.6. The second-order valence-corrected chi connectivity index (χ2v) is 30.5. The van der Waals surface area contributed by atoms with Crippen molar-refractivity contribution in [3.8, 4) is 0 Å². The molecule has 0 amide bonds. The molecule has 0 aromatic rings. The van der Waals surface area contributed by atoms with Crippen LogP contribution >= 0.6 is 15.6 Å². The molecule has 0 aliphatic heterocycles. The molecule has 93 heavy (non-hydrogen) atoms. The zero-order valence-corrected chi connectivity index (χ0v) is 62.3. The molecule has 0 aliphatic rings. The normalized spacial score (nSPS) is 14.1. The second kappa shape index (κ2) is 66.0. The largest absolute Gasteiger partial charge is 0.472 e. The predicted molar refractivity (Wildman–Crippen MR) is 377 cm³/mol. The third-order valence-corrected chi connectivity index (χ3v) is 19.1. The summed E-state index contributed by atoms with van der Waals surface area (Å²) < 4.78 is 68.4. The van der Waals surface area contributed by atoms with Crippen molar-refractivity contribution in [2.24, 2.45) is 11.8 Å². The average molecular weight is 1370 g/mol. The zero-order chi connectivity index (χ0) is 68.6. The topological polar surface area (TPSA) is 237 Å². The fourth-order valence-corrected chi connectivity index (χ4v) is 12.9. The molecule has 0 spiro atoms. The van der Waals surface area contributed by atoms with E-state index in [1.165, 1.54) is 199 Å². The molecule has 19 heteroatoms. The third-order valence-electron chi connectivity index (χ3n) is 17.2. The summed E-state index contributed by atoms with van der Waals surface area (Å²) in [5, 5.41) is 10.6. The molecule has 0 aromatic heterocycles. The number of hydrogen-bond acceptors (Lipinski definition) is 15. The summed E-state index contributed by atoms with van der Waals surface area (Å²) in [6.07, 6.45) is 52.8. The Morgan fingerprint density at radius 2 is 0.495 bits per heavy atom. The van der Waals surface area contributed by atoms with Gasteiger partial charge >= 0.3 is 39.5 Å². The van der Waals surface area contributed by atoms with Crippen molar-refractivity contribution in [1.29, 1.82) is 0 Å². The van der Waals surface area contributed by atoms with Crippen LogP contribution in [-0.2, 0) is 65.4 Å². The minimum absolute atomic E-state index is 0.105. The number of phosphoric ester groups is 2. The van der Waals surface area contributed by atoms with Crippen molar-refractivity contribution in [2.45, 2.75) is 400 Å². The fourth-order valence-electron chi connectivity index (χ4n) is 11.3. The van der Waals surface area contributed by atoms with Gasteiger partial charge in [-0.15, -0.1) is 0 Å². The van der Waals surface area contributed by atoms with E-state index in [1.54, 1.807) is 0 Å². The van der Waals surface area contributed by atoms with Gasteiger partial charge in [0.1, 0.15) is 19.3 Å². The standard InChI is InChI=1S/C74H144O17P2/c1-7-9-11-13-15-17-18-19-25-28-32-39-45-51-57-72(77)85-63-69(90-73(78)58-52-46-40-33-29-26-23-21-20-22-24-27-31-36-42-48-54-66(3)4)64-88-92(80,81)86-60-68(75)61-87-93(82,83)89-65-70(62-84-71(76)56-50-44-38-30-16-14-12-10-8-2)91-74(79)59-53-47-41-35-34-37-43-49-55-67(5)6/h66-70,75H,7-65H2,1-6H3,(H,80,81)(H,82,83)/t68-,69-,70-/m1/s1. The highest BCUT2D eigenvalue weighted by molar-refractivity contribution is 7.47. The summed E-state index contributed by atoms with van der Waals surface area (Å²) in [4.78, 5) is 72.6. The molecule has 0 saturated carbocycles. The van der Waals surface area contributed by atoms with Crippen molar-refractivity contribution in [2.75, 3.05) is 39.6 Å². The lowest BCUT2D eigenvalue weighted by Gasteiger charge is -2.21. The van der Waals surface area contributed by atoms with E-state index in [0.29, 0.717) is 25.7 Å². The van der Waals surface area contributed by atoms with E-state index in [-0.39, 0.29) is 25.7 Å². The Labute approximate surface area is 568 Å². The number of aliphatic hydroxyl groups excluding tert-OH is 1. The van der Waals surface area contributed by atoms with E-state index >= 15 is 0 Å². The van der Waals surface area contributed by atoms with Gasteiger partial charge in [-0.2, -0.15) is 0 Å². The number of rotatable bonds is 73. The van der Waals surface area contributed by atoms with Crippen LogP contribution in [-0.4, -0.2) is 96.7 Å². The van der Waals surface area contributed by atoms with E-state index in [9.17, 15) is 43.2 Å². The van der Waals surface area contributed by atoms with Gasteiger partial charge in [0.2, 0.25) is 0 Å². The number of hydrogen-bond donors (Lipinski definition) is 3. The Balaban J connectivity index is 5.21. The van der Waals surface area contributed by atoms with Crippen LogP contribution in [0.4, 0.5) is 0 Å². The lowest BCUT2D eigenvalue weighted by Crippen LogP contribution is -2.30. The third kappa shape index (κ3) is 68.4. The summed E-state index contributed by atoms with van der Waals surface area (Å²) in [5.41, 5.74) is 0. The van der Waals surface area contributed by atoms with Crippen molar-refractivity contribution < 1.29 is 80.2 Å². The first-order chi connectivity index (χ1) is 44.9. The van der Waals surface area contributed by atoms with Crippen LogP contribution in [0.1, 0.15) is 382 Å². The highest BCUT2D eigenvalue weighted by atomic mass is 31.2. The second-order valence-electron chi connectivity index (χ2n) is 27.6. The van der Waals surface area contributed by atoms with Gasteiger partial charge in [0.05, 0.1) is 26.4 Å². The molecule has 0 fully saturated rings. The summed E-state index contributed by atoms with van der Waals surface area (Å²) in [6.45, 7) is 9.56. The van der Waals surface area contributed by atoms with Gasteiger partial charge in [-0.05, 0) is 37.5 Å². The molecule has 0 bridgehead atoms. The monoisotopic (exact) mass is 1370 g/mol. The number of unbranched alkanes of at least 4 members (excludes halogenated alkanes) is 43. The van der Waals surface area contributed by atoms with Gasteiger partial charge in [0, 0.05) is 25.7 Å². The van der Waals surface area contributed by atoms with Gasteiger partial charge in [0.25, 0.3) is 0 Å². The van der Waals surface area contributed by atoms with Gasteiger partial charge in [-0.1, -0.05) is 330 Å². The van der Waals surface area contributed by atoms with Crippen molar-refractivity contribution in [1.82, 2.24) is 0 Å². The molecule has 0 rings (SSSR count). The summed E-state index contributed by atoms with van der Waals surface area (Å²) >= 11 is 0. The Morgan fingerprint density at radius 3 is 0.731 bits per heavy atom. The lowest BCUT2D eigenvalue weighted by molar-refractivity contribution is -0.161. The first kappa shape index (κ1) is 91.1. The Bertz CT molecular complexity index is 1800. The molecule has 0 saturated heterocycles. The Hall–Kier alpha value is -1.94. The number of carbonyl (C=O) groups excluding carboxylic acids is 4. The van der Waals surface area contributed by atoms with Gasteiger partial charge in [-0.25, -0.2) is 9.13 Å². The summed E-state index contributed by atoms with van der Waals surface area (Å²) in [7, 11) is -9.90. The van der Waals surface area contributed by atoms with Crippen LogP contribution < -0.4 is 0 Å². The van der Waals surface area contributed by atoms with Crippen molar-refractivity contribution >= 4 is 39.5 Å². The van der Waals surface area contributed by atoms with Crippen LogP contribution in [0.25, 0.3) is 0 Å². The van der Waals surface area contributed by atoms with Crippen LogP contribution in [0.2, 0.25) is 0 Å². The molecule has 17 nitrogen and oxygen atoms in total. The van der Waals surface area contributed by atoms with Gasteiger partial charge < -0.3 is 33.8 Å². The Morgan fingerprint density at radius 1 is 0.290 bits per heavy atom. The molecule has 0 heterocycles. The highest BCUT2D eigenvalue weighted by Gasteiger charge is 2.30. The van der Waals surface area contributed by atoms with E-state index in [4.69, 9.17) is 37.0 Å². The molecular weight excluding hydrogens is 1220 g/mol. The fraction of sp³-hybridized carbons (Fsp3) is 0.946. The zero-order valence-electron chi connectivity index (χ0n) is 60.6. The van der Waals surface area contributed by atoms with E-state index < -0.39 is 97.5 Å². The lowest BCUT2D eigenvalue weighted by atomic mass is 10.0. The first-order valence-corrected chi connectivity index (χ1v) is 41.5. The molecular formula is C74H144O17P2. The van der Waals surface area contributed by atoms with Crippen molar-refractivity contribution in [3.63, 3.8) is 0 Å². The maximum atomic E-state index is 13.1. The molecule has 0 radical (unpaired) electrons. The quantitative estimate of drug-likeness (QED) is 0.0222. The van der Waals surface area contributed by atoms with Crippen LogP contribution in [0, 0.1) is 11.8 Å². The first-order valence-electron chi connectivity index (χ1n) is 38.5. The van der Waals surface area contributed by atoms with Crippen LogP contribution in [0.3, 0.4) is 0 Å². The minimum Gasteiger partial charge on any atom is -0.462 e. The molecule has 2 unspecified atom stereocenters. The maximum Gasteiger partial charge on any atom is 0.472 e. The smallest absolute Gasteiger partial charge is 0.462 e. The van der Waals surface area contributed by atoms with Crippen LogP contribution in [0.5, 0.6) is 0 Å². The van der Waals surface area contributed by atoms with Crippen LogP contribution in [0.15, 0.2) is 0 Å². The van der Waals surface area contributed by atoms with E-state index in [2.05, 4.69) is 41.5 Å². The molecule has 3 N–H and O–H groups in total. The average Bonchev–Trinajstić information content (AvgIpc) is 2.09. The SMILES string of the molecule is CCCCCCCCCCCCCCCCC(=O)OC[C@H](COP(=O)(O)OC[C@@H](O)COP(=O)(O)OC[C@@H](COC(=O)CCCCCCCCCCC)OC(=O)CCCCCCCCCCC(C)C)OC(=O)CCCCCCCCCCCCCCCCCCC(C)C. The molecule has 0 aromatic carbocycles.